The number of para-hydroxylation sites is 1. The highest BCUT2D eigenvalue weighted by atomic mass is 35.5. The van der Waals surface area contributed by atoms with Gasteiger partial charge in [0, 0.05) is 10.6 Å². The second-order valence-electron chi connectivity index (χ2n) is 5.13. The highest BCUT2D eigenvalue weighted by Gasteiger charge is 2.14. The highest BCUT2D eigenvalue weighted by Crippen LogP contribution is 2.19. The molecule has 1 amide bonds. The van der Waals surface area contributed by atoms with Gasteiger partial charge in [0.25, 0.3) is 5.91 Å². The molecule has 128 valence electrons. The Morgan fingerprint density at radius 3 is 2.72 bits per heavy atom. The van der Waals surface area contributed by atoms with Crippen molar-refractivity contribution in [3.63, 3.8) is 0 Å². The number of carbonyl (C=O) groups excluding carboxylic acids is 1. The number of aromatic nitrogens is 2. The third kappa shape index (κ3) is 4.16. The van der Waals surface area contributed by atoms with Crippen LogP contribution in [0.4, 0.5) is 0 Å². The van der Waals surface area contributed by atoms with Crippen LogP contribution in [-0.4, -0.2) is 22.7 Å². The van der Waals surface area contributed by atoms with Crippen LogP contribution in [0.25, 0.3) is 11.4 Å². The van der Waals surface area contributed by atoms with E-state index in [-0.39, 0.29) is 12.5 Å². The van der Waals surface area contributed by atoms with Crippen LogP contribution in [0.3, 0.4) is 0 Å². The quantitative estimate of drug-likeness (QED) is 0.727. The Balaban J connectivity index is 1.66. The summed E-state index contributed by atoms with van der Waals surface area (Å²) >= 11 is 5.86. The van der Waals surface area contributed by atoms with E-state index in [2.05, 4.69) is 15.5 Å². The number of nitrogens with zero attached hydrogens (tertiary/aromatic N) is 2. The smallest absolute Gasteiger partial charge is 0.255 e. The van der Waals surface area contributed by atoms with Gasteiger partial charge in [-0.1, -0.05) is 28.9 Å². The molecule has 0 saturated carbocycles. The summed E-state index contributed by atoms with van der Waals surface area (Å²) in [5, 5.41) is 7.29. The van der Waals surface area contributed by atoms with Gasteiger partial charge in [0.2, 0.25) is 11.7 Å². The minimum absolute atomic E-state index is 0.125. The SMILES string of the molecule is CCOc1ccccc1C(=O)NCc1nc(-c2ccc(Cl)cc2)no1. The van der Waals surface area contributed by atoms with Gasteiger partial charge in [0.05, 0.1) is 18.7 Å². The molecule has 0 atom stereocenters. The van der Waals surface area contributed by atoms with Gasteiger partial charge < -0.3 is 14.6 Å². The molecule has 0 aliphatic carbocycles. The summed E-state index contributed by atoms with van der Waals surface area (Å²) in [4.78, 5) is 16.6. The molecule has 3 aromatic rings. The maximum Gasteiger partial charge on any atom is 0.255 e. The molecular weight excluding hydrogens is 342 g/mol. The van der Waals surface area contributed by atoms with Gasteiger partial charge in [0.1, 0.15) is 5.75 Å². The van der Waals surface area contributed by atoms with Crippen LogP contribution in [0.1, 0.15) is 23.2 Å². The second-order valence-corrected chi connectivity index (χ2v) is 5.57. The van der Waals surface area contributed by atoms with Crippen LogP contribution < -0.4 is 10.1 Å². The molecule has 1 N–H and O–H groups in total. The average molecular weight is 358 g/mol. The van der Waals surface area contributed by atoms with E-state index in [0.29, 0.717) is 34.7 Å². The molecule has 7 heteroatoms. The van der Waals surface area contributed by atoms with E-state index in [1.165, 1.54) is 0 Å². The number of hydrogen-bond acceptors (Lipinski definition) is 5. The van der Waals surface area contributed by atoms with E-state index in [0.717, 1.165) is 5.56 Å². The van der Waals surface area contributed by atoms with E-state index in [1.807, 2.05) is 13.0 Å². The van der Waals surface area contributed by atoms with Gasteiger partial charge in [-0.2, -0.15) is 4.98 Å². The summed E-state index contributed by atoms with van der Waals surface area (Å²) in [5.41, 5.74) is 1.24. The molecule has 0 radical (unpaired) electrons. The molecule has 3 rings (SSSR count). The lowest BCUT2D eigenvalue weighted by Gasteiger charge is -2.09. The van der Waals surface area contributed by atoms with Gasteiger partial charge in [0.15, 0.2) is 0 Å². The maximum atomic E-state index is 12.3. The molecule has 6 nitrogen and oxygen atoms in total. The minimum atomic E-state index is -0.268. The lowest BCUT2D eigenvalue weighted by Crippen LogP contribution is -2.23. The van der Waals surface area contributed by atoms with Crippen LogP contribution in [0.2, 0.25) is 5.02 Å². The first kappa shape index (κ1) is 17.0. The molecule has 0 bridgehead atoms. The van der Waals surface area contributed by atoms with E-state index in [9.17, 15) is 4.79 Å². The number of halogens is 1. The fourth-order valence-corrected chi connectivity index (χ4v) is 2.36. The Hall–Kier alpha value is -2.86. The number of carbonyl (C=O) groups is 1. The molecule has 0 aliphatic rings. The van der Waals surface area contributed by atoms with Crippen LogP contribution >= 0.6 is 11.6 Å². The molecule has 0 saturated heterocycles. The Morgan fingerprint density at radius 1 is 1.20 bits per heavy atom. The normalized spacial score (nSPS) is 10.5. The molecule has 2 aromatic carbocycles. The monoisotopic (exact) mass is 357 g/mol. The maximum absolute atomic E-state index is 12.3. The predicted molar refractivity (Wildman–Crippen MR) is 93.5 cm³/mol. The standard InChI is InChI=1S/C18H16ClN3O3/c1-2-24-15-6-4-3-5-14(15)18(23)20-11-16-21-17(22-25-16)12-7-9-13(19)10-8-12/h3-10H,2,11H2,1H3,(H,20,23). The number of ether oxygens (including phenoxy) is 1. The number of nitrogens with one attached hydrogen (secondary N) is 1. The van der Waals surface area contributed by atoms with Crippen molar-refractivity contribution < 1.29 is 14.1 Å². The van der Waals surface area contributed by atoms with E-state index in [4.69, 9.17) is 20.9 Å². The molecule has 25 heavy (non-hydrogen) atoms. The van der Waals surface area contributed by atoms with Crippen LogP contribution in [0, 0.1) is 0 Å². The van der Waals surface area contributed by atoms with Gasteiger partial charge in [-0.15, -0.1) is 0 Å². The van der Waals surface area contributed by atoms with Gasteiger partial charge >= 0.3 is 0 Å². The molecule has 0 aliphatic heterocycles. The lowest BCUT2D eigenvalue weighted by atomic mass is 10.2. The Morgan fingerprint density at radius 2 is 1.96 bits per heavy atom. The van der Waals surface area contributed by atoms with Gasteiger partial charge in [-0.05, 0) is 43.3 Å². The number of benzene rings is 2. The molecule has 1 aromatic heterocycles. The van der Waals surface area contributed by atoms with Crippen molar-refractivity contribution in [1.29, 1.82) is 0 Å². The summed E-state index contributed by atoms with van der Waals surface area (Å²) in [6.45, 7) is 2.48. The van der Waals surface area contributed by atoms with Crippen molar-refractivity contribution in [3.8, 4) is 17.1 Å². The number of rotatable bonds is 6. The minimum Gasteiger partial charge on any atom is -0.493 e. The van der Waals surface area contributed by atoms with Crippen molar-refractivity contribution >= 4 is 17.5 Å². The molecule has 1 heterocycles. The Labute approximate surface area is 149 Å². The molecule has 0 spiro atoms. The summed E-state index contributed by atoms with van der Waals surface area (Å²) in [5.74, 6) is 1.02. The third-order valence-electron chi connectivity index (χ3n) is 3.40. The van der Waals surface area contributed by atoms with Crippen molar-refractivity contribution in [2.75, 3.05) is 6.61 Å². The number of hydrogen-bond donors (Lipinski definition) is 1. The van der Waals surface area contributed by atoms with E-state index < -0.39 is 0 Å². The zero-order valence-electron chi connectivity index (χ0n) is 13.5. The van der Waals surface area contributed by atoms with Crippen molar-refractivity contribution in [2.24, 2.45) is 0 Å². The van der Waals surface area contributed by atoms with Gasteiger partial charge in [-0.25, -0.2) is 0 Å². The average Bonchev–Trinajstić information content (AvgIpc) is 3.10. The molecule has 0 fully saturated rings. The van der Waals surface area contributed by atoms with Crippen molar-refractivity contribution in [3.05, 3.63) is 65.0 Å². The third-order valence-corrected chi connectivity index (χ3v) is 3.65. The van der Waals surface area contributed by atoms with Crippen LogP contribution in [0.15, 0.2) is 53.1 Å². The van der Waals surface area contributed by atoms with Crippen LogP contribution in [0.5, 0.6) is 5.75 Å². The summed E-state index contributed by atoms with van der Waals surface area (Å²) < 4.78 is 10.6. The zero-order chi connectivity index (χ0) is 17.6. The first-order valence-electron chi connectivity index (χ1n) is 7.76. The number of amides is 1. The van der Waals surface area contributed by atoms with Crippen LogP contribution in [-0.2, 0) is 6.54 Å². The van der Waals surface area contributed by atoms with Crippen molar-refractivity contribution in [2.45, 2.75) is 13.5 Å². The second kappa shape index (κ2) is 7.81. The van der Waals surface area contributed by atoms with E-state index >= 15 is 0 Å². The summed E-state index contributed by atoms with van der Waals surface area (Å²) in [6.07, 6.45) is 0. The Kier molecular flexibility index (Phi) is 5.30. The topological polar surface area (TPSA) is 77.2 Å². The van der Waals surface area contributed by atoms with E-state index in [1.54, 1.807) is 42.5 Å². The molecular formula is C18H16ClN3O3. The fraction of sp³-hybridized carbons (Fsp3) is 0.167. The first-order valence-corrected chi connectivity index (χ1v) is 8.13. The van der Waals surface area contributed by atoms with Gasteiger partial charge in [-0.3, -0.25) is 4.79 Å². The first-order chi connectivity index (χ1) is 12.2. The lowest BCUT2D eigenvalue weighted by molar-refractivity contribution is 0.0942. The fourth-order valence-electron chi connectivity index (χ4n) is 2.23. The predicted octanol–water partition coefficient (Wildman–Crippen LogP) is 3.72. The zero-order valence-corrected chi connectivity index (χ0v) is 14.3. The Bertz CT molecular complexity index is 862. The van der Waals surface area contributed by atoms with Crippen molar-refractivity contribution in [1.82, 2.24) is 15.5 Å². The molecule has 0 unspecified atom stereocenters. The summed E-state index contributed by atoms with van der Waals surface area (Å²) in [7, 11) is 0. The highest BCUT2D eigenvalue weighted by molar-refractivity contribution is 6.30. The largest absolute Gasteiger partial charge is 0.493 e. The summed E-state index contributed by atoms with van der Waals surface area (Å²) in [6, 6.07) is 14.2.